The minimum atomic E-state index is -1.09. The number of carboxylic acid groups (broad SMARTS) is 1. The molecule has 0 radical (unpaired) electrons. The molecule has 1 N–H and O–H groups in total. The van der Waals surface area contributed by atoms with E-state index < -0.39 is 5.97 Å². The number of aromatic carboxylic acids is 1. The Labute approximate surface area is 85.4 Å². The minimum absolute atomic E-state index is 0.0440. The summed E-state index contributed by atoms with van der Waals surface area (Å²) in [6.07, 6.45) is 1.23. The monoisotopic (exact) mass is 204 g/mol. The second kappa shape index (κ2) is 3.53. The number of hydrogen-bond acceptors (Lipinski definition) is 4. The summed E-state index contributed by atoms with van der Waals surface area (Å²) in [5, 5.41) is 9.38. The van der Waals surface area contributed by atoms with Crippen molar-refractivity contribution in [3.05, 3.63) is 30.2 Å². The largest absolute Gasteiger partial charge is 0.496 e. The van der Waals surface area contributed by atoms with Crippen LogP contribution in [0, 0.1) is 0 Å². The summed E-state index contributed by atoms with van der Waals surface area (Å²) in [5.74, 6) is -0.627. The maximum atomic E-state index is 10.9. The first kappa shape index (κ1) is 9.39. The number of methoxy groups -OCH3 is 1. The Morgan fingerprint density at radius 1 is 1.40 bits per heavy atom. The van der Waals surface area contributed by atoms with Crippen molar-refractivity contribution >= 4 is 16.9 Å². The Kier molecular flexibility index (Phi) is 2.21. The molecular formula is C10H8N2O3. The standard InChI is InChI=1S/C10H8N2O3/c1-15-7-4-2-3-6-8(7)9(10(13)14)12-5-11-6/h2-5H,1H3,(H,13,14). The lowest BCUT2D eigenvalue weighted by Gasteiger charge is -2.05. The molecule has 0 atom stereocenters. The van der Waals surface area contributed by atoms with Crippen LogP contribution < -0.4 is 4.74 Å². The van der Waals surface area contributed by atoms with Crippen LogP contribution in [-0.2, 0) is 0 Å². The second-order valence-electron chi connectivity index (χ2n) is 2.88. The van der Waals surface area contributed by atoms with Crippen LogP contribution in [0.3, 0.4) is 0 Å². The van der Waals surface area contributed by atoms with E-state index in [-0.39, 0.29) is 5.69 Å². The van der Waals surface area contributed by atoms with Gasteiger partial charge in [0, 0.05) is 0 Å². The van der Waals surface area contributed by atoms with Crippen LogP contribution in [0.4, 0.5) is 0 Å². The molecule has 5 nitrogen and oxygen atoms in total. The normalized spacial score (nSPS) is 10.2. The zero-order chi connectivity index (χ0) is 10.8. The quantitative estimate of drug-likeness (QED) is 0.799. The van der Waals surface area contributed by atoms with Crippen LogP contribution >= 0.6 is 0 Å². The van der Waals surface area contributed by atoms with Crippen molar-refractivity contribution in [2.75, 3.05) is 7.11 Å². The van der Waals surface area contributed by atoms with Crippen LogP contribution in [0.2, 0.25) is 0 Å². The average molecular weight is 204 g/mol. The molecule has 0 amide bonds. The maximum Gasteiger partial charge on any atom is 0.355 e. The lowest BCUT2D eigenvalue weighted by Crippen LogP contribution is -2.03. The highest BCUT2D eigenvalue weighted by molar-refractivity contribution is 6.03. The molecule has 0 aliphatic heterocycles. The molecule has 0 bridgehead atoms. The predicted octanol–water partition coefficient (Wildman–Crippen LogP) is 1.34. The number of carboxylic acids is 1. The highest BCUT2D eigenvalue weighted by atomic mass is 16.5. The van der Waals surface area contributed by atoms with Gasteiger partial charge in [-0.1, -0.05) is 6.07 Å². The minimum Gasteiger partial charge on any atom is -0.496 e. The number of benzene rings is 1. The first-order chi connectivity index (χ1) is 7.24. The third-order valence-electron chi connectivity index (χ3n) is 2.05. The van der Waals surface area contributed by atoms with Gasteiger partial charge in [-0.3, -0.25) is 0 Å². The summed E-state index contributed by atoms with van der Waals surface area (Å²) in [5.41, 5.74) is 0.513. The molecule has 0 saturated heterocycles. The average Bonchev–Trinajstić information content (AvgIpc) is 2.27. The van der Waals surface area contributed by atoms with Gasteiger partial charge in [0.15, 0.2) is 5.69 Å². The molecule has 1 aromatic heterocycles. The van der Waals surface area contributed by atoms with Gasteiger partial charge in [-0.2, -0.15) is 0 Å². The van der Waals surface area contributed by atoms with Crippen molar-refractivity contribution in [2.45, 2.75) is 0 Å². The fourth-order valence-corrected chi connectivity index (χ4v) is 1.41. The lowest BCUT2D eigenvalue weighted by atomic mass is 10.1. The van der Waals surface area contributed by atoms with Gasteiger partial charge in [0.2, 0.25) is 0 Å². The van der Waals surface area contributed by atoms with Gasteiger partial charge in [0.25, 0.3) is 0 Å². The molecule has 1 heterocycles. The highest BCUT2D eigenvalue weighted by Crippen LogP contribution is 2.25. The Morgan fingerprint density at radius 2 is 2.20 bits per heavy atom. The zero-order valence-electron chi connectivity index (χ0n) is 7.97. The summed E-state index contributed by atoms with van der Waals surface area (Å²) >= 11 is 0. The van der Waals surface area contributed by atoms with Gasteiger partial charge in [-0.25, -0.2) is 14.8 Å². The first-order valence-electron chi connectivity index (χ1n) is 4.25. The van der Waals surface area contributed by atoms with Crippen molar-refractivity contribution < 1.29 is 14.6 Å². The third-order valence-corrected chi connectivity index (χ3v) is 2.05. The van der Waals surface area contributed by atoms with E-state index in [1.54, 1.807) is 18.2 Å². The van der Waals surface area contributed by atoms with Gasteiger partial charge in [-0.15, -0.1) is 0 Å². The maximum absolute atomic E-state index is 10.9. The molecule has 0 spiro atoms. The van der Waals surface area contributed by atoms with Crippen molar-refractivity contribution in [1.29, 1.82) is 0 Å². The third kappa shape index (κ3) is 1.48. The van der Waals surface area contributed by atoms with E-state index >= 15 is 0 Å². The van der Waals surface area contributed by atoms with E-state index in [9.17, 15) is 4.79 Å². The van der Waals surface area contributed by atoms with Crippen molar-refractivity contribution in [3.63, 3.8) is 0 Å². The van der Waals surface area contributed by atoms with E-state index in [0.29, 0.717) is 16.7 Å². The molecular weight excluding hydrogens is 196 g/mol. The van der Waals surface area contributed by atoms with Gasteiger partial charge in [-0.05, 0) is 12.1 Å². The molecule has 0 saturated carbocycles. The number of ether oxygens (including phenoxy) is 1. The zero-order valence-corrected chi connectivity index (χ0v) is 7.97. The summed E-state index contributed by atoms with van der Waals surface area (Å²) in [4.78, 5) is 18.6. The Hall–Kier alpha value is -2.17. The van der Waals surface area contributed by atoms with Gasteiger partial charge in [0.1, 0.15) is 12.1 Å². The fourth-order valence-electron chi connectivity index (χ4n) is 1.41. The Balaban J connectivity index is 2.87. The number of aromatic nitrogens is 2. The van der Waals surface area contributed by atoms with Crippen LogP contribution in [-0.4, -0.2) is 28.2 Å². The molecule has 0 unspecified atom stereocenters. The van der Waals surface area contributed by atoms with E-state index in [1.165, 1.54) is 13.4 Å². The molecule has 76 valence electrons. The van der Waals surface area contributed by atoms with Crippen LogP contribution in [0.15, 0.2) is 24.5 Å². The molecule has 0 aliphatic carbocycles. The van der Waals surface area contributed by atoms with Crippen LogP contribution in [0.5, 0.6) is 5.75 Å². The first-order valence-corrected chi connectivity index (χ1v) is 4.25. The molecule has 1 aromatic carbocycles. The van der Waals surface area contributed by atoms with Crippen LogP contribution in [0.1, 0.15) is 10.5 Å². The molecule has 15 heavy (non-hydrogen) atoms. The number of fused-ring (bicyclic) bond motifs is 1. The summed E-state index contributed by atoms with van der Waals surface area (Å²) in [6, 6.07) is 5.14. The molecule has 2 rings (SSSR count). The Morgan fingerprint density at radius 3 is 2.87 bits per heavy atom. The summed E-state index contributed by atoms with van der Waals surface area (Å²) < 4.78 is 5.07. The topological polar surface area (TPSA) is 72.3 Å². The van der Waals surface area contributed by atoms with Crippen molar-refractivity contribution in [1.82, 2.24) is 9.97 Å². The van der Waals surface area contributed by atoms with Crippen LogP contribution in [0.25, 0.3) is 10.9 Å². The predicted molar refractivity (Wildman–Crippen MR) is 53.0 cm³/mol. The smallest absolute Gasteiger partial charge is 0.355 e. The van der Waals surface area contributed by atoms with Gasteiger partial charge >= 0.3 is 5.97 Å². The SMILES string of the molecule is COc1cccc2ncnc(C(=O)O)c12. The van der Waals surface area contributed by atoms with E-state index in [1.807, 2.05) is 0 Å². The second-order valence-corrected chi connectivity index (χ2v) is 2.88. The Bertz CT molecular complexity index is 520. The van der Waals surface area contributed by atoms with Gasteiger partial charge in [0.05, 0.1) is 18.0 Å². The lowest BCUT2D eigenvalue weighted by molar-refractivity contribution is 0.0692. The fraction of sp³-hybridized carbons (Fsp3) is 0.100. The summed E-state index contributed by atoms with van der Waals surface area (Å²) in [6.45, 7) is 0. The molecule has 5 heteroatoms. The van der Waals surface area contributed by atoms with Crippen molar-refractivity contribution in [2.24, 2.45) is 0 Å². The van der Waals surface area contributed by atoms with E-state index in [2.05, 4.69) is 9.97 Å². The number of rotatable bonds is 2. The number of nitrogens with zero attached hydrogens (tertiary/aromatic N) is 2. The molecule has 0 fully saturated rings. The number of hydrogen-bond donors (Lipinski definition) is 1. The van der Waals surface area contributed by atoms with Crippen molar-refractivity contribution in [3.8, 4) is 5.75 Å². The van der Waals surface area contributed by atoms with Gasteiger partial charge < -0.3 is 9.84 Å². The van der Waals surface area contributed by atoms with E-state index in [0.717, 1.165) is 0 Å². The molecule has 0 aliphatic rings. The molecule has 2 aromatic rings. The van der Waals surface area contributed by atoms with E-state index in [4.69, 9.17) is 9.84 Å². The number of carbonyl (C=O) groups is 1. The highest BCUT2D eigenvalue weighted by Gasteiger charge is 2.14. The summed E-state index contributed by atoms with van der Waals surface area (Å²) in [7, 11) is 1.48.